The molecule has 0 atom stereocenters. The van der Waals surface area contributed by atoms with Crippen LogP contribution in [0, 0.1) is 17.3 Å². The molecule has 0 saturated heterocycles. The van der Waals surface area contributed by atoms with Gasteiger partial charge in [0.1, 0.15) is 0 Å². The number of allylic oxidation sites excluding steroid dienone is 8. The third-order valence-electron chi connectivity index (χ3n) is 4.67. The van der Waals surface area contributed by atoms with Gasteiger partial charge in [-0.3, -0.25) is 0 Å². The van der Waals surface area contributed by atoms with Gasteiger partial charge in [-0.15, -0.1) is 0 Å². The fourth-order valence-electron chi connectivity index (χ4n) is 2.87. The summed E-state index contributed by atoms with van der Waals surface area (Å²) >= 11 is 2.77. The molecule has 3 aliphatic carbocycles. The second-order valence-corrected chi connectivity index (χ2v) is 7.00. The molecule has 0 aromatic rings. The van der Waals surface area contributed by atoms with Crippen molar-refractivity contribution in [2.75, 3.05) is 0 Å². The van der Waals surface area contributed by atoms with Crippen LogP contribution < -0.4 is 12.4 Å². The third kappa shape index (κ3) is 3.14. The van der Waals surface area contributed by atoms with E-state index in [1.54, 1.807) is 0 Å². The summed E-state index contributed by atoms with van der Waals surface area (Å²) in [5, 5.41) is 0. The predicted octanol–water partition coefficient (Wildman–Crippen LogP) is 1.94. The van der Waals surface area contributed by atoms with Gasteiger partial charge in [0.05, 0.1) is 0 Å². The second-order valence-electron chi connectivity index (χ2n) is 6.13. The van der Waals surface area contributed by atoms with Crippen molar-refractivity contribution in [1.82, 2.24) is 0 Å². The van der Waals surface area contributed by atoms with E-state index in [-0.39, 0.29) is 17.8 Å². The van der Waals surface area contributed by atoms with E-state index in [1.165, 1.54) is 27.3 Å². The molecule has 0 saturated carbocycles. The van der Waals surface area contributed by atoms with Crippen LogP contribution in [-0.2, 0) is 18.3 Å². The zero-order valence-corrected chi connectivity index (χ0v) is 14.9. The summed E-state index contributed by atoms with van der Waals surface area (Å²) in [5.41, 5.74) is 4.74. The van der Waals surface area contributed by atoms with Gasteiger partial charge in [-0.05, 0) is 18.3 Å². The zero-order chi connectivity index (χ0) is 13.5. The SMILES string of the molecule is C1=CC2C=CC1C2.CC1=C(C)C(C)(C)[C]([Ru+])=C1C.[Cl-]. The van der Waals surface area contributed by atoms with Crippen molar-refractivity contribution in [1.29, 1.82) is 0 Å². The first-order chi connectivity index (χ1) is 8.34. The molecule has 3 aliphatic rings. The Morgan fingerprint density at radius 3 is 1.47 bits per heavy atom. The van der Waals surface area contributed by atoms with Crippen molar-refractivity contribution in [3.63, 3.8) is 0 Å². The molecule has 0 heterocycles. The molecule has 0 nitrogen and oxygen atoms in total. The molecule has 0 N–H and O–H groups in total. The molecule has 0 radical (unpaired) electrons. The van der Waals surface area contributed by atoms with Crippen molar-refractivity contribution < 1.29 is 30.7 Å². The largest absolute Gasteiger partial charge is 1.00 e. The van der Waals surface area contributed by atoms with E-state index in [0.29, 0.717) is 0 Å². The van der Waals surface area contributed by atoms with Gasteiger partial charge in [-0.25, -0.2) is 0 Å². The van der Waals surface area contributed by atoms with Crippen LogP contribution in [0.4, 0.5) is 0 Å². The Balaban J connectivity index is 0.000000194. The van der Waals surface area contributed by atoms with Crippen LogP contribution >= 0.6 is 0 Å². The van der Waals surface area contributed by atoms with Gasteiger partial charge in [0, 0.05) is 0 Å². The Kier molecular flexibility index (Phi) is 5.44. The van der Waals surface area contributed by atoms with Crippen LogP contribution in [-0.4, -0.2) is 0 Å². The molecule has 0 spiro atoms. The van der Waals surface area contributed by atoms with Gasteiger partial charge in [-0.2, -0.15) is 0 Å². The van der Waals surface area contributed by atoms with Crippen molar-refractivity contribution in [3.05, 3.63) is 45.2 Å². The Morgan fingerprint density at radius 2 is 1.37 bits per heavy atom. The predicted molar refractivity (Wildman–Crippen MR) is 74.7 cm³/mol. The average Bonchev–Trinajstić information content (AvgIpc) is 3.02. The first kappa shape index (κ1) is 16.9. The average molecular weight is 364 g/mol. The molecule has 2 bridgehead atoms. The van der Waals surface area contributed by atoms with Gasteiger partial charge in [0.15, 0.2) is 0 Å². The van der Waals surface area contributed by atoms with Crippen LogP contribution in [0.2, 0.25) is 0 Å². The normalized spacial score (nSPS) is 29.6. The topological polar surface area (TPSA) is 0 Å². The van der Waals surface area contributed by atoms with E-state index in [9.17, 15) is 0 Å². The van der Waals surface area contributed by atoms with Crippen LogP contribution in [0.25, 0.3) is 0 Å². The minimum absolute atomic E-state index is 0. The van der Waals surface area contributed by atoms with Crippen molar-refractivity contribution in [3.8, 4) is 0 Å². The molecule has 0 fully saturated rings. The summed E-state index contributed by atoms with van der Waals surface area (Å²) in [4.78, 5) is 0. The Labute approximate surface area is 134 Å². The van der Waals surface area contributed by atoms with E-state index < -0.39 is 0 Å². The summed E-state index contributed by atoms with van der Waals surface area (Å²) in [5.74, 6) is 1.62. The summed E-state index contributed by atoms with van der Waals surface area (Å²) in [6.45, 7) is 11.2. The fourth-order valence-corrected chi connectivity index (χ4v) is 3.52. The maximum atomic E-state index is 2.77. The van der Waals surface area contributed by atoms with E-state index in [2.05, 4.69) is 77.2 Å². The maximum absolute atomic E-state index is 2.77. The van der Waals surface area contributed by atoms with Crippen LogP contribution in [0.5, 0.6) is 0 Å². The van der Waals surface area contributed by atoms with E-state index in [4.69, 9.17) is 0 Å². The zero-order valence-electron chi connectivity index (χ0n) is 12.4. The molecule has 3 rings (SSSR count). The van der Waals surface area contributed by atoms with Crippen LogP contribution in [0.1, 0.15) is 41.0 Å². The van der Waals surface area contributed by atoms with E-state index in [1.807, 2.05) is 0 Å². The molecular formula is C17H23ClRu. The number of hydrogen-bond acceptors (Lipinski definition) is 0. The van der Waals surface area contributed by atoms with Gasteiger partial charge >= 0.3 is 79.2 Å². The summed E-state index contributed by atoms with van der Waals surface area (Å²) < 4.78 is 1.46. The minimum atomic E-state index is 0. The Hall–Kier alpha value is -0.127. The quantitative estimate of drug-likeness (QED) is 0.456. The second kappa shape index (κ2) is 6.10. The van der Waals surface area contributed by atoms with Crippen molar-refractivity contribution in [2.24, 2.45) is 17.3 Å². The number of hydrogen-bond donors (Lipinski definition) is 0. The molecule has 0 amide bonds. The number of fused-ring (bicyclic) bond motifs is 2. The van der Waals surface area contributed by atoms with Crippen LogP contribution in [0.3, 0.4) is 0 Å². The molecule has 0 unspecified atom stereocenters. The minimum Gasteiger partial charge on any atom is -1.00 e. The smallest absolute Gasteiger partial charge is 1.00 e. The van der Waals surface area contributed by atoms with Gasteiger partial charge in [0.2, 0.25) is 0 Å². The maximum Gasteiger partial charge on any atom is -1.00 e. The summed E-state index contributed by atoms with van der Waals surface area (Å²) in [6.07, 6.45) is 10.5. The van der Waals surface area contributed by atoms with Gasteiger partial charge in [-0.1, -0.05) is 24.3 Å². The Bertz CT molecular complexity index is 423. The first-order valence-electron chi connectivity index (χ1n) is 6.74. The van der Waals surface area contributed by atoms with E-state index in [0.717, 1.165) is 11.8 Å². The van der Waals surface area contributed by atoms with E-state index >= 15 is 0 Å². The van der Waals surface area contributed by atoms with Gasteiger partial charge < -0.3 is 12.4 Å². The summed E-state index contributed by atoms with van der Waals surface area (Å²) in [6, 6.07) is 0. The molecule has 0 aliphatic heterocycles. The van der Waals surface area contributed by atoms with Crippen LogP contribution in [0.15, 0.2) is 45.2 Å². The molecule has 0 aromatic heterocycles. The molecule has 0 aromatic carbocycles. The third-order valence-corrected chi connectivity index (χ3v) is 6.41. The van der Waals surface area contributed by atoms with Gasteiger partial charge in [0.25, 0.3) is 0 Å². The molecule has 2 heteroatoms. The Morgan fingerprint density at radius 1 is 0.947 bits per heavy atom. The number of halogens is 1. The first-order valence-corrected chi connectivity index (χ1v) is 7.61. The monoisotopic (exact) mass is 364 g/mol. The molecule has 106 valence electrons. The fraction of sp³-hybridized carbons (Fsp3) is 0.529. The molecular weight excluding hydrogens is 341 g/mol. The summed E-state index contributed by atoms with van der Waals surface area (Å²) in [7, 11) is 0. The standard InChI is InChI=1S/C10H15.C7H8.ClH.Ru/c1-7-6-10(4,5)9(3)8(7)2;1-2-7-4-3-6(1)5-7;;/h1-5H3;1-4,6-7H,5H2;1H;/q;;;+1/p-1. The van der Waals surface area contributed by atoms with Crippen molar-refractivity contribution in [2.45, 2.75) is 41.0 Å². The molecule has 19 heavy (non-hydrogen) atoms. The number of rotatable bonds is 0. The van der Waals surface area contributed by atoms with Crippen molar-refractivity contribution >= 4 is 0 Å².